The molecule has 3 rings (SSSR count). The predicted octanol–water partition coefficient (Wildman–Crippen LogP) is 3.16. The largest absolute Gasteiger partial charge is 0.478 e. The van der Waals surface area contributed by atoms with Crippen LogP contribution < -0.4 is 10.2 Å². The molecule has 0 unspecified atom stereocenters. The molecule has 1 aromatic heterocycles. The van der Waals surface area contributed by atoms with Gasteiger partial charge in [0.1, 0.15) is 11.6 Å². The summed E-state index contributed by atoms with van der Waals surface area (Å²) in [6.07, 6.45) is 4.88. The van der Waals surface area contributed by atoms with Crippen LogP contribution >= 0.6 is 0 Å². The molecule has 1 aromatic carbocycles. The zero-order valence-electron chi connectivity index (χ0n) is 13.5. The maximum Gasteiger partial charge on any atom is 0.335 e. The zero-order valence-corrected chi connectivity index (χ0v) is 13.5. The normalized spacial score (nSPS) is 14.2. The van der Waals surface area contributed by atoms with Crippen LogP contribution in [0.5, 0.6) is 0 Å². The van der Waals surface area contributed by atoms with Crippen molar-refractivity contribution in [1.82, 2.24) is 4.98 Å². The molecule has 2 N–H and O–H groups in total. The third kappa shape index (κ3) is 3.76. The standard InChI is InChI=1S/C18H18FN3O3/c19-14-11-12(18(24)25)6-7-15(14)21-17(23)13-5-4-8-20-16(13)22-9-2-1-3-10-22/h4-8,11H,1-3,9-10H2,(H,21,23)(H,24,25). The molecule has 0 saturated carbocycles. The number of aromatic nitrogens is 1. The van der Waals surface area contributed by atoms with Crippen LogP contribution in [0.15, 0.2) is 36.5 Å². The molecule has 0 bridgehead atoms. The first-order valence-corrected chi connectivity index (χ1v) is 8.10. The molecule has 0 spiro atoms. The number of hydrogen-bond acceptors (Lipinski definition) is 4. The van der Waals surface area contributed by atoms with E-state index in [1.807, 2.05) is 0 Å². The number of nitrogens with zero attached hydrogens (tertiary/aromatic N) is 2. The van der Waals surface area contributed by atoms with Crippen LogP contribution in [0.1, 0.15) is 40.0 Å². The van der Waals surface area contributed by atoms with Crippen LogP contribution in [0.25, 0.3) is 0 Å². The molecule has 0 aliphatic carbocycles. The fraction of sp³-hybridized carbons (Fsp3) is 0.278. The highest BCUT2D eigenvalue weighted by Crippen LogP contribution is 2.23. The SMILES string of the molecule is O=C(O)c1ccc(NC(=O)c2cccnc2N2CCCCC2)c(F)c1. The minimum Gasteiger partial charge on any atom is -0.478 e. The molecule has 1 aliphatic rings. The van der Waals surface area contributed by atoms with E-state index in [0.717, 1.165) is 38.4 Å². The predicted molar refractivity (Wildman–Crippen MR) is 91.6 cm³/mol. The minimum atomic E-state index is -1.23. The van der Waals surface area contributed by atoms with E-state index in [4.69, 9.17) is 5.11 Å². The Balaban J connectivity index is 1.83. The number of anilines is 2. The number of rotatable bonds is 4. The van der Waals surface area contributed by atoms with Crippen LogP contribution in [-0.4, -0.2) is 35.1 Å². The summed E-state index contributed by atoms with van der Waals surface area (Å²) in [4.78, 5) is 29.8. The summed E-state index contributed by atoms with van der Waals surface area (Å²) >= 11 is 0. The highest BCUT2D eigenvalue weighted by molar-refractivity contribution is 6.07. The summed E-state index contributed by atoms with van der Waals surface area (Å²) in [7, 11) is 0. The van der Waals surface area contributed by atoms with Crippen molar-refractivity contribution in [3.05, 3.63) is 53.5 Å². The van der Waals surface area contributed by atoms with Crippen molar-refractivity contribution in [2.75, 3.05) is 23.3 Å². The van der Waals surface area contributed by atoms with Crippen molar-refractivity contribution in [1.29, 1.82) is 0 Å². The third-order valence-electron chi connectivity index (χ3n) is 4.15. The van der Waals surface area contributed by atoms with Gasteiger partial charge in [-0.2, -0.15) is 0 Å². The van der Waals surface area contributed by atoms with Gasteiger partial charge in [-0.3, -0.25) is 4.79 Å². The molecule has 1 fully saturated rings. The molecule has 7 heteroatoms. The van der Waals surface area contributed by atoms with Gasteiger partial charge in [-0.15, -0.1) is 0 Å². The van der Waals surface area contributed by atoms with E-state index >= 15 is 0 Å². The summed E-state index contributed by atoms with van der Waals surface area (Å²) in [6.45, 7) is 1.66. The lowest BCUT2D eigenvalue weighted by Gasteiger charge is -2.29. The fourth-order valence-electron chi connectivity index (χ4n) is 2.87. The number of aromatic carboxylic acids is 1. The Bertz CT molecular complexity index is 804. The van der Waals surface area contributed by atoms with E-state index in [1.165, 1.54) is 12.1 Å². The molecule has 1 saturated heterocycles. The first-order valence-electron chi connectivity index (χ1n) is 8.10. The maximum atomic E-state index is 14.0. The average Bonchev–Trinajstić information content (AvgIpc) is 2.64. The van der Waals surface area contributed by atoms with Gasteiger partial charge in [0.25, 0.3) is 5.91 Å². The van der Waals surface area contributed by atoms with Crippen LogP contribution in [0.2, 0.25) is 0 Å². The second kappa shape index (κ2) is 7.29. The second-order valence-corrected chi connectivity index (χ2v) is 5.88. The number of carboxylic acids is 1. The van der Waals surface area contributed by atoms with E-state index in [0.29, 0.717) is 11.4 Å². The van der Waals surface area contributed by atoms with Gasteiger partial charge in [-0.1, -0.05) is 0 Å². The number of carboxylic acid groups (broad SMARTS) is 1. The van der Waals surface area contributed by atoms with Crippen LogP contribution in [0.4, 0.5) is 15.9 Å². The van der Waals surface area contributed by atoms with E-state index < -0.39 is 17.7 Å². The number of amides is 1. The summed E-state index contributed by atoms with van der Waals surface area (Å²) < 4.78 is 14.0. The van der Waals surface area contributed by atoms with Crippen molar-refractivity contribution in [3.8, 4) is 0 Å². The maximum absolute atomic E-state index is 14.0. The van der Waals surface area contributed by atoms with Gasteiger partial charge in [-0.05, 0) is 49.6 Å². The molecular weight excluding hydrogens is 325 g/mol. The topological polar surface area (TPSA) is 82.5 Å². The highest BCUT2D eigenvalue weighted by atomic mass is 19.1. The molecule has 6 nitrogen and oxygen atoms in total. The Morgan fingerprint density at radius 3 is 2.60 bits per heavy atom. The number of halogens is 1. The molecular formula is C18H18FN3O3. The number of carbonyl (C=O) groups excluding carboxylic acids is 1. The van der Waals surface area contributed by atoms with Crippen LogP contribution in [-0.2, 0) is 0 Å². The number of nitrogens with one attached hydrogen (secondary N) is 1. The smallest absolute Gasteiger partial charge is 0.335 e. The minimum absolute atomic E-state index is 0.0663. The van der Waals surface area contributed by atoms with E-state index in [-0.39, 0.29) is 11.3 Å². The lowest BCUT2D eigenvalue weighted by Crippen LogP contribution is -2.32. The van der Waals surface area contributed by atoms with Crippen molar-refractivity contribution >= 4 is 23.4 Å². The number of hydrogen-bond donors (Lipinski definition) is 2. The van der Waals surface area contributed by atoms with Crippen LogP contribution in [0.3, 0.4) is 0 Å². The third-order valence-corrected chi connectivity index (χ3v) is 4.15. The number of carbonyl (C=O) groups is 2. The lowest BCUT2D eigenvalue weighted by molar-refractivity contribution is 0.0696. The van der Waals surface area contributed by atoms with E-state index in [9.17, 15) is 14.0 Å². The first-order chi connectivity index (χ1) is 12.1. The molecule has 25 heavy (non-hydrogen) atoms. The molecule has 130 valence electrons. The van der Waals surface area contributed by atoms with Gasteiger partial charge in [0, 0.05) is 19.3 Å². The van der Waals surface area contributed by atoms with Gasteiger partial charge in [0.2, 0.25) is 0 Å². The van der Waals surface area contributed by atoms with Crippen molar-refractivity contribution in [3.63, 3.8) is 0 Å². The Labute approximate surface area is 144 Å². The molecule has 2 heterocycles. The average molecular weight is 343 g/mol. The number of pyridine rings is 1. The lowest BCUT2D eigenvalue weighted by atomic mass is 10.1. The Morgan fingerprint density at radius 1 is 1.16 bits per heavy atom. The van der Waals surface area contributed by atoms with Crippen molar-refractivity contribution in [2.24, 2.45) is 0 Å². The monoisotopic (exact) mass is 343 g/mol. The van der Waals surface area contributed by atoms with E-state index in [2.05, 4.69) is 15.2 Å². The number of benzene rings is 1. The molecule has 1 aliphatic heterocycles. The second-order valence-electron chi connectivity index (χ2n) is 5.88. The highest BCUT2D eigenvalue weighted by Gasteiger charge is 2.20. The quantitative estimate of drug-likeness (QED) is 0.891. The van der Waals surface area contributed by atoms with Crippen molar-refractivity contribution in [2.45, 2.75) is 19.3 Å². The number of piperidine rings is 1. The van der Waals surface area contributed by atoms with Gasteiger partial charge in [0.05, 0.1) is 16.8 Å². The van der Waals surface area contributed by atoms with Gasteiger partial charge in [0.15, 0.2) is 0 Å². The Kier molecular flexibility index (Phi) is 4.92. The van der Waals surface area contributed by atoms with Crippen LogP contribution in [0, 0.1) is 5.82 Å². The molecule has 0 atom stereocenters. The van der Waals surface area contributed by atoms with Gasteiger partial charge in [-0.25, -0.2) is 14.2 Å². The van der Waals surface area contributed by atoms with Crippen molar-refractivity contribution < 1.29 is 19.1 Å². The molecule has 2 aromatic rings. The zero-order chi connectivity index (χ0) is 17.8. The Hall–Kier alpha value is -2.96. The van der Waals surface area contributed by atoms with Gasteiger partial charge >= 0.3 is 5.97 Å². The summed E-state index contributed by atoms with van der Waals surface area (Å²) in [5, 5.41) is 11.4. The first kappa shape index (κ1) is 16.9. The molecule has 0 radical (unpaired) electrons. The van der Waals surface area contributed by atoms with Gasteiger partial charge < -0.3 is 15.3 Å². The Morgan fingerprint density at radius 2 is 1.92 bits per heavy atom. The molecule has 1 amide bonds. The summed E-state index contributed by atoms with van der Waals surface area (Å²) in [5.41, 5.74) is 0.125. The summed E-state index contributed by atoms with van der Waals surface area (Å²) in [5.74, 6) is -1.91. The fourth-order valence-corrected chi connectivity index (χ4v) is 2.87. The summed E-state index contributed by atoms with van der Waals surface area (Å²) in [6, 6.07) is 6.68. The van der Waals surface area contributed by atoms with E-state index in [1.54, 1.807) is 18.3 Å².